The highest BCUT2D eigenvalue weighted by Crippen LogP contribution is 2.37. The molecule has 0 bridgehead atoms. The van der Waals surface area contributed by atoms with Gasteiger partial charge in [0.25, 0.3) is 0 Å². The van der Waals surface area contributed by atoms with Crippen LogP contribution in [0.25, 0.3) is 16.9 Å². The minimum atomic E-state index is -4.70. The molecule has 180 valence electrons. The van der Waals surface area contributed by atoms with Gasteiger partial charge in [-0.15, -0.1) is 0 Å². The lowest BCUT2D eigenvalue weighted by molar-refractivity contribution is -0.141. The third-order valence-electron chi connectivity index (χ3n) is 4.78. The van der Waals surface area contributed by atoms with E-state index in [1.165, 1.54) is 43.6 Å². The summed E-state index contributed by atoms with van der Waals surface area (Å²) in [6.45, 7) is 0. The van der Waals surface area contributed by atoms with E-state index in [4.69, 9.17) is 16.3 Å². The first-order valence-corrected chi connectivity index (χ1v) is 10.1. The van der Waals surface area contributed by atoms with Gasteiger partial charge in [-0.2, -0.15) is 23.3 Å². The van der Waals surface area contributed by atoms with Crippen LogP contribution in [-0.2, 0) is 6.18 Å². The van der Waals surface area contributed by atoms with Crippen LogP contribution in [0.3, 0.4) is 0 Å². The molecule has 0 aliphatic heterocycles. The van der Waals surface area contributed by atoms with E-state index in [1.807, 2.05) is 0 Å². The van der Waals surface area contributed by atoms with Crippen molar-refractivity contribution < 1.29 is 32.2 Å². The van der Waals surface area contributed by atoms with Gasteiger partial charge in [0.1, 0.15) is 17.1 Å². The second-order valence-corrected chi connectivity index (χ2v) is 7.43. The van der Waals surface area contributed by atoms with Gasteiger partial charge in [0.2, 0.25) is 5.95 Å². The molecule has 2 aromatic carbocycles. The summed E-state index contributed by atoms with van der Waals surface area (Å²) in [6, 6.07) is 8.80. The lowest BCUT2D eigenvalue weighted by Crippen LogP contribution is -2.10. The van der Waals surface area contributed by atoms with Crippen molar-refractivity contribution in [2.24, 2.45) is 0 Å². The summed E-state index contributed by atoms with van der Waals surface area (Å²) in [5, 5.41) is 15.7. The largest absolute Gasteiger partial charge is 0.495 e. The van der Waals surface area contributed by atoms with E-state index in [0.29, 0.717) is 5.69 Å². The molecule has 0 atom stereocenters. The molecule has 0 saturated carbocycles. The van der Waals surface area contributed by atoms with Crippen LogP contribution in [0.4, 0.5) is 29.2 Å². The van der Waals surface area contributed by atoms with Gasteiger partial charge >= 0.3 is 12.1 Å². The van der Waals surface area contributed by atoms with Crippen LogP contribution >= 0.6 is 11.6 Å². The van der Waals surface area contributed by atoms with Crippen molar-refractivity contribution >= 4 is 29.2 Å². The average Bonchev–Trinajstić information content (AvgIpc) is 3.32. The maximum Gasteiger partial charge on any atom is 0.435 e. The standard InChI is InChI=1S/C22H14ClF4N5O3/c1-35-18-12(3-2-4-13(18)20(33)34)14-10-28-21(29-11-5-6-16(24)15(23)9-11)30-19(14)32-8-7-17(31-32)22(25,26)27/h2-10H,1H3,(H,33,34)(H,28,29,30). The van der Waals surface area contributed by atoms with Crippen molar-refractivity contribution in [1.82, 2.24) is 19.7 Å². The Bertz CT molecular complexity index is 1420. The minimum absolute atomic E-state index is 0.0425. The molecule has 2 heterocycles. The molecule has 35 heavy (non-hydrogen) atoms. The molecule has 0 saturated heterocycles. The first-order chi connectivity index (χ1) is 16.6. The second kappa shape index (κ2) is 9.22. The van der Waals surface area contributed by atoms with E-state index in [-0.39, 0.29) is 39.2 Å². The van der Waals surface area contributed by atoms with E-state index in [0.717, 1.165) is 23.0 Å². The van der Waals surface area contributed by atoms with E-state index in [1.54, 1.807) is 0 Å². The molecule has 0 fully saturated rings. The van der Waals surface area contributed by atoms with Crippen molar-refractivity contribution in [3.8, 4) is 22.7 Å². The zero-order valence-corrected chi connectivity index (χ0v) is 18.4. The molecule has 0 spiro atoms. The first kappa shape index (κ1) is 24.0. The second-order valence-electron chi connectivity index (χ2n) is 7.02. The maximum atomic E-state index is 13.5. The maximum absolute atomic E-state index is 13.5. The zero-order valence-electron chi connectivity index (χ0n) is 17.6. The number of halogens is 5. The molecule has 4 aromatic rings. The van der Waals surface area contributed by atoms with Crippen LogP contribution in [0.2, 0.25) is 5.02 Å². The first-order valence-electron chi connectivity index (χ1n) is 9.71. The van der Waals surface area contributed by atoms with Crippen LogP contribution in [-0.4, -0.2) is 37.9 Å². The summed E-state index contributed by atoms with van der Waals surface area (Å²) >= 11 is 5.79. The average molecular weight is 508 g/mol. The Morgan fingerprint density at radius 3 is 2.57 bits per heavy atom. The number of aromatic nitrogens is 4. The van der Waals surface area contributed by atoms with Crippen LogP contribution in [0.5, 0.6) is 5.75 Å². The number of anilines is 2. The van der Waals surface area contributed by atoms with Crippen molar-refractivity contribution in [3.63, 3.8) is 0 Å². The summed E-state index contributed by atoms with van der Waals surface area (Å²) in [7, 11) is 1.26. The van der Waals surface area contributed by atoms with E-state index in [2.05, 4.69) is 20.4 Å². The summed E-state index contributed by atoms with van der Waals surface area (Å²) in [4.78, 5) is 20.1. The Hall–Kier alpha value is -4.19. The van der Waals surface area contributed by atoms with E-state index < -0.39 is 23.7 Å². The number of nitrogens with zero attached hydrogens (tertiary/aromatic N) is 4. The number of rotatable bonds is 6. The molecule has 0 aliphatic carbocycles. The molecule has 0 aliphatic rings. The predicted octanol–water partition coefficient (Wildman–Crippen LogP) is 5.59. The summed E-state index contributed by atoms with van der Waals surface area (Å²) in [5.41, 5.74) is -0.659. The number of nitrogens with one attached hydrogen (secondary N) is 1. The molecular weight excluding hydrogens is 494 g/mol. The number of alkyl halides is 3. The van der Waals surface area contributed by atoms with Gasteiger partial charge in [-0.05, 0) is 30.3 Å². The number of carbonyl (C=O) groups is 1. The molecule has 0 amide bonds. The summed E-state index contributed by atoms with van der Waals surface area (Å²) in [6.07, 6.45) is -2.37. The third kappa shape index (κ3) is 4.87. The van der Waals surface area contributed by atoms with Gasteiger partial charge in [0.15, 0.2) is 11.5 Å². The molecule has 0 unspecified atom stereocenters. The number of methoxy groups -OCH3 is 1. The van der Waals surface area contributed by atoms with Gasteiger partial charge in [0.05, 0.1) is 12.1 Å². The van der Waals surface area contributed by atoms with Crippen molar-refractivity contribution in [2.75, 3.05) is 12.4 Å². The normalized spacial score (nSPS) is 11.4. The Morgan fingerprint density at radius 1 is 1.17 bits per heavy atom. The Balaban J connectivity index is 1.88. The summed E-state index contributed by atoms with van der Waals surface area (Å²) in [5.74, 6) is -2.12. The monoisotopic (exact) mass is 507 g/mol. The Kier molecular flexibility index (Phi) is 6.31. The fraction of sp³-hybridized carbons (Fsp3) is 0.0909. The van der Waals surface area contributed by atoms with Gasteiger partial charge in [-0.25, -0.2) is 18.9 Å². The number of carboxylic acids is 1. The van der Waals surface area contributed by atoms with Gasteiger partial charge in [0, 0.05) is 29.2 Å². The molecule has 2 N–H and O–H groups in total. The van der Waals surface area contributed by atoms with Gasteiger partial charge < -0.3 is 15.2 Å². The Morgan fingerprint density at radius 2 is 1.94 bits per heavy atom. The van der Waals surface area contributed by atoms with E-state index in [9.17, 15) is 27.5 Å². The molecule has 4 rings (SSSR count). The number of benzene rings is 2. The number of aromatic carboxylic acids is 1. The summed E-state index contributed by atoms with van der Waals surface area (Å²) < 4.78 is 59.2. The quantitative estimate of drug-likeness (QED) is 0.328. The highest BCUT2D eigenvalue weighted by Gasteiger charge is 2.34. The van der Waals surface area contributed by atoms with Crippen molar-refractivity contribution in [2.45, 2.75) is 6.18 Å². The number of para-hydroxylation sites is 1. The lowest BCUT2D eigenvalue weighted by atomic mass is 10.0. The van der Waals surface area contributed by atoms with Crippen LogP contribution < -0.4 is 10.1 Å². The Labute approximate surface area is 199 Å². The smallest absolute Gasteiger partial charge is 0.435 e. The van der Waals surface area contributed by atoms with Crippen LogP contribution in [0.1, 0.15) is 16.1 Å². The predicted molar refractivity (Wildman–Crippen MR) is 118 cm³/mol. The minimum Gasteiger partial charge on any atom is -0.495 e. The van der Waals surface area contributed by atoms with Crippen LogP contribution in [0.15, 0.2) is 54.9 Å². The number of ether oxygens (including phenoxy) is 1. The van der Waals surface area contributed by atoms with E-state index >= 15 is 0 Å². The molecular formula is C22H14ClF4N5O3. The topological polar surface area (TPSA) is 102 Å². The third-order valence-corrected chi connectivity index (χ3v) is 5.07. The van der Waals surface area contributed by atoms with Crippen molar-refractivity contribution in [3.05, 3.63) is 77.0 Å². The molecule has 13 heteroatoms. The fourth-order valence-electron chi connectivity index (χ4n) is 3.23. The molecule has 2 aromatic heterocycles. The number of hydrogen-bond donors (Lipinski definition) is 2. The highest BCUT2D eigenvalue weighted by molar-refractivity contribution is 6.31. The zero-order chi connectivity index (χ0) is 25.3. The number of hydrogen-bond acceptors (Lipinski definition) is 6. The molecule has 0 radical (unpaired) electrons. The molecule has 8 nitrogen and oxygen atoms in total. The van der Waals surface area contributed by atoms with Crippen molar-refractivity contribution in [1.29, 1.82) is 0 Å². The van der Waals surface area contributed by atoms with Crippen LogP contribution in [0, 0.1) is 5.82 Å². The van der Waals surface area contributed by atoms with Gasteiger partial charge in [-0.3, -0.25) is 0 Å². The fourth-order valence-corrected chi connectivity index (χ4v) is 3.41. The SMILES string of the molecule is COc1c(C(=O)O)cccc1-c1cnc(Nc2ccc(F)c(Cl)c2)nc1-n1ccc(C(F)(F)F)n1. The van der Waals surface area contributed by atoms with Gasteiger partial charge in [-0.1, -0.05) is 23.7 Å². The lowest BCUT2D eigenvalue weighted by Gasteiger charge is -2.15. The number of carboxylic acid groups (broad SMARTS) is 1. The highest BCUT2D eigenvalue weighted by atomic mass is 35.5.